The molecule has 0 spiro atoms. The molecule has 0 aliphatic carbocycles. The van der Waals surface area contributed by atoms with E-state index in [4.69, 9.17) is 10.5 Å². The smallest absolute Gasteiger partial charge is 0.340 e. The van der Waals surface area contributed by atoms with Gasteiger partial charge in [-0.05, 0) is 24.8 Å². The Morgan fingerprint density at radius 3 is 2.95 bits per heavy atom. The van der Waals surface area contributed by atoms with Gasteiger partial charge in [-0.1, -0.05) is 13.8 Å². The van der Waals surface area contributed by atoms with Gasteiger partial charge in [-0.3, -0.25) is 0 Å². The highest BCUT2D eigenvalue weighted by Gasteiger charge is 2.30. The number of pyridine rings is 1. The third kappa shape index (κ3) is 2.50. The molecule has 1 aliphatic rings. The van der Waals surface area contributed by atoms with Crippen LogP contribution in [-0.2, 0) is 4.74 Å². The fourth-order valence-electron chi connectivity index (χ4n) is 2.73. The van der Waals surface area contributed by atoms with Gasteiger partial charge in [0.05, 0.1) is 18.4 Å². The lowest BCUT2D eigenvalue weighted by Crippen LogP contribution is -2.34. The van der Waals surface area contributed by atoms with E-state index in [9.17, 15) is 4.79 Å². The third-order valence-corrected chi connectivity index (χ3v) is 3.72. The predicted molar refractivity (Wildman–Crippen MR) is 75.2 cm³/mol. The van der Waals surface area contributed by atoms with E-state index in [0.717, 1.165) is 19.4 Å². The number of aromatic nitrogens is 1. The van der Waals surface area contributed by atoms with E-state index in [1.54, 1.807) is 12.3 Å². The van der Waals surface area contributed by atoms with Gasteiger partial charge in [0.1, 0.15) is 0 Å². The number of nitrogen functional groups attached to an aromatic ring is 1. The topological polar surface area (TPSA) is 68.5 Å². The lowest BCUT2D eigenvalue weighted by Gasteiger charge is -2.29. The summed E-state index contributed by atoms with van der Waals surface area (Å²) in [6, 6.07) is 2.04. The second kappa shape index (κ2) is 5.47. The Balaban J connectivity index is 2.37. The van der Waals surface area contributed by atoms with Gasteiger partial charge in [-0.15, -0.1) is 0 Å². The maximum Gasteiger partial charge on any atom is 0.340 e. The van der Waals surface area contributed by atoms with Gasteiger partial charge < -0.3 is 15.4 Å². The minimum absolute atomic E-state index is 0.391. The number of hydrogen-bond donors (Lipinski definition) is 1. The molecule has 5 nitrogen and oxygen atoms in total. The van der Waals surface area contributed by atoms with Crippen molar-refractivity contribution in [3.63, 3.8) is 0 Å². The van der Waals surface area contributed by atoms with Crippen LogP contribution in [0.1, 0.15) is 37.0 Å². The van der Waals surface area contributed by atoms with Gasteiger partial charge in [-0.25, -0.2) is 9.78 Å². The SMILES string of the molecule is COC(=O)c1ccnc(N2CCCC2C(C)C)c1N. The monoisotopic (exact) mass is 263 g/mol. The molecule has 1 fully saturated rings. The number of anilines is 2. The second-order valence-corrected chi connectivity index (χ2v) is 5.23. The molecular formula is C14H21N3O2. The Morgan fingerprint density at radius 1 is 1.58 bits per heavy atom. The number of rotatable bonds is 3. The van der Waals surface area contributed by atoms with Crippen LogP contribution >= 0.6 is 0 Å². The van der Waals surface area contributed by atoms with E-state index in [-0.39, 0.29) is 0 Å². The predicted octanol–water partition coefficient (Wildman–Crippen LogP) is 2.08. The number of nitrogens with two attached hydrogens (primary N) is 1. The molecule has 1 unspecified atom stereocenters. The fraction of sp³-hybridized carbons (Fsp3) is 0.571. The molecule has 1 saturated heterocycles. The highest BCUT2D eigenvalue weighted by molar-refractivity contribution is 5.97. The first kappa shape index (κ1) is 13.6. The van der Waals surface area contributed by atoms with Crippen molar-refractivity contribution in [3.05, 3.63) is 17.8 Å². The van der Waals surface area contributed by atoms with E-state index in [0.29, 0.717) is 29.0 Å². The van der Waals surface area contributed by atoms with Crippen molar-refractivity contribution in [1.82, 2.24) is 4.98 Å². The summed E-state index contributed by atoms with van der Waals surface area (Å²) in [5, 5.41) is 0. The zero-order valence-corrected chi connectivity index (χ0v) is 11.7. The molecule has 2 heterocycles. The summed E-state index contributed by atoms with van der Waals surface area (Å²) < 4.78 is 4.74. The van der Waals surface area contributed by atoms with Gasteiger partial charge in [0.2, 0.25) is 0 Å². The quantitative estimate of drug-likeness (QED) is 0.845. The van der Waals surface area contributed by atoms with E-state index in [1.165, 1.54) is 7.11 Å². The molecule has 0 aromatic carbocycles. The van der Waals surface area contributed by atoms with Crippen LogP contribution < -0.4 is 10.6 Å². The maximum atomic E-state index is 11.7. The number of ether oxygens (including phenoxy) is 1. The molecule has 1 aromatic rings. The van der Waals surface area contributed by atoms with Crippen molar-refractivity contribution >= 4 is 17.5 Å². The molecule has 0 saturated carbocycles. The fourth-order valence-corrected chi connectivity index (χ4v) is 2.73. The van der Waals surface area contributed by atoms with Crippen LogP contribution in [0.25, 0.3) is 0 Å². The number of esters is 1. The van der Waals surface area contributed by atoms with Crippen molar-refractivity contribution in [2.45, 2.75) is 32.7 Å². The van der Waals surface area contributed by atoms with Gasteiger partial charge in [0, 0.05) is 18.8 Å². The Labute approximate surface area is 113 Å². The van der Waals surface area contributed by atoms with Crippen LogP contribution in [0, 0.1) is 5.92 Å². The summed E-state index contributed by atoms with van der Waals surface area (Å²) in [4.78, 5) is 18.2. The van der Waals surface area contributed by atoms with Gasteiger partial charge >= 0.3 is 5.97 Å². The van der Waals surface area contributed by atoms with E-state index < -0.39 is 5.97 Å². The van der Waals surface area contributed by atoms with Crippen molar-refractivity contribution in [2.24, 2.45) is 5.92 Å². The van der Waals surface area contributed by atoms with E-state index in [2.05, 4.69) is 23.7 Å². The lowest BCUT2D eigenvalue weighted by atomic mass is 10.0. The number of hydrogen-bond acceptors (Lipinski definition) is 5. The Hall–Kier alpha value is -1.78. The van der Waals surface area contributed by atoms with Crippen molar-refractivity contribution in [3.8, 4) is 0 Å². The molecule has 19 heavy (non-hydrogen) atoms. The summed E-state index contributed by atoms with van der Waals surface area (Å²) in [6.07, 6.45) is 3.89. The van der Waals surface area contributed by atoms with Crippen molar-refractivity contribution < 1.29 is 9.53 Å². The molecule has 1 atom stereocenters. The van der Waals surface area contributed by atoms with Crippen LogP contribution in [0.4, 0.5) is 11.5 Å². The normalized spacial score (nSPS) is 18.9. The lowest BCUT2D eigenvalue weighted by molar-refractivity contribution is 0.0602. The van der Waals surface area contributed by atoms with Gasteiger partial charge in [0.15, 0.2) is 5.82 Å². The Kier molecular flexibility index (Phi) is 3.93. The average Bonchev–Trinajstić information content (AvgIpc) is 2.87. The Morgan fingerprint density at radius 2 is 2.32 bits per heavy atom. The summed E-state index contributed by atoms with van der Waals surface area (Å²) in [5.74, 6) is 0.825. The van der Waals surface area contributed by atoms with Crippen LogP contribution in [-0.4, -0.2) is 30.6 Å². The first-order valence-corrected chi connectivity index (χ1v) is 6.65. The molecular weight excluding hydrogens is 242 g/mol. The molecule has 0 radical (unpaired) electrons. The van der Waals surface area contributed by atoms with Crippen LogP contribution in [0.2, 0.25) is 0 Å². The molecule has 0 bridgehead atoms. The average molecular weight is 263 g/mol. The molecule has 0 amide bonds. The Bertz CT molecular complexity index is 474. The zero-order valence-electron chi connectivity index (χ0n) is 11.7. The van der Waals surface area contributed by atoms with Crippen molar-refractivity contribution in [1.29, 1.82) is 0 Å². The molecule has 1 aliphatic heterocycles. The largest absolute Gasteiger partial charge is 0.465 e. The maximum absolute atomic E-state index is 11.7. The summed E-state index contributed by atoms with van der Waals surface area (Å²) in [5.41, 5.74) is 6.91. The molecule has 1 aromatic heterocycles. The number of nitrogens with zero attached hydrogens (tertiary/aromatic N) is 2. The van der Waals surface area contributed by atoms with Crippen molar-refractivity contribution in [2.75, 3.05) is 24.3 Å². The van der Waals surface area contributed by atoms with Crippen LogP contribution in [0.5, 0.6) is 0 Å². The van der Waals surface area contributed by atoms with Crippen LogP contribution in [0.3, 0.4) is 0 Å². The summed E-state index contributed by atoms with van der Waals surface area (Å²) in [7, 11) is 1.36. The van der Waals surface area contributed by atoms with Crippen LogP contribution in [0.15, 0.2) is 12.3 Å². The van der Waals surface area contributed by atoms with E-state index >= 15 is 0 Å². The molecule has 2 rings (SSSR count). The number of carbonyl (C=O) groups is 1. The zero-order chi connectivity index (χ0) is 14.0. The number of carbonyl (C=O) groups excluding carboxylic acids is 1. The second-order valence-electron chi connectivity index (χ2n) is 5.23. The highest BCUT2D eigenvalue weighted by atomic mass is 16.5. The summed E-state index contributed by atoms with van der Waals surface area (Å²) >= 11 is 0. The molecule has 104 valence electrons. The molecule has 5 heteroatoms. The highest BCUT2D eigenvalue weighted by Crippen LogP contribution is 2.33. The van der Waals surface area contributed by atoms with E-state index in [1.807, 2.05) is 0 Å². The standard InChI is InChI=1S/C14H21N3O2/c1-9(2)11-5-4-8-17(11)13-12(15)10(6-7-16-13)14(18)19-3/h6-7,9,11H,4-5,8,15H2,1-3H3. The minimum atomic E-state index is -0.415. The minimum Gasteiger partial charge on any atom is -0.465 e. The summed E-state index contributed by atoms with van der Waals surface area (Å²) in [6.45, 7) is 5.33. The number of methoxy groups -OCH3 is 1. The first-order chi connectivity index (χ1) is 9.06. The third-order valence-electron chi connectivity index (χ3n) is 3.72. The van der Waals surface area contributed by atoms with Gasteiger partial charge in [0.25, 0.3) is 0 Å². The first-order valence-electron chi connectivity index (χ1n) is 6.65. The molecule has 2 N–H and O–H groups in total. The van der Waals surface area contributed by atoms with Gasteiger partial charge in [-0.2, -0.15) is 0 Å².